The second-order valence-electron chi connectivity index (χ2n) is 6.73. The molecule has 2 aromatic rings. The highest BCUT2D eigenvalue weighted by atomic mass is 79.9. The van der Waals surface area contributed by atoms with E-state index in [1.165, 1.54) is 17.4 Å². The number of halogens is 3. The zero-order valence-electron chi connectivity index (χ0n) is 16.3. The van der Waals surface area contributed by atoms with Crippen LogP contribution in [0.2, 0.25) is 0 Å². The minimum Gasteiger partial charge on any atom is -0.272 e. The van der Waals surface area contributed by atoms with Crippen molar-refractivity contribution in [2.75, 3.05) is 11.4 Å². The number of hydrogen-bond donors (Lipinski definition) is 0. The second-order valence-corrected chi connectivity index (χ2v) is 10.7. The maximum absolute atomic E-state index is 12.7. The van der Waals surface area contributed by atoms with E-state index in [1.807, 2.05) is 0 Å². The third kappa shape index (κ3) is 5.60. The molecule has 5 nitrogen and oxygen atoms in total. The molecule has 1 saturated carbocycles. The fraction of sp³-hybridized carbons (Fsp3) is 0.333. The van der Waals surface area contributed by atoms with Gasteiger partial charge in [0.05, 0.1) is 16.5 Å². The van der Waals surface area contributed by atoms with Crippen LogP contribution in [0.15, 0.2) is 45.3 Å². The normalized spacial score (nSPS) is 14.1. The Hall–Kier alpha value is -1.94. The van der Waals surface area contributed by atoms with E-state index < -0.39 is 15.8 Å². The molecule has 0 N–H and O–H groups in total. The van der Waals surface area contributed by atoms with Gasteiger partial charge >= 0.3 is 0 Å². The topological polar surface area (TPSA) is 85.0 Å². The Morgan fingerprint density at radius 2 is 1.50 bits per heavy atom. The molecular weight excluding hydrogens is 537 g/mol. The first-order valence-corrected chi connectivity index (χ1v) is 12.3. The van der Waals surface area contributed by atoms with Gasteiger partial charge in [0.25, 0.3) is 0 Å². The molecule has 0 aromatic heterocycles. The number of benzene rings is 2. The van der Waals surface area contributed by atoms with E-state index in [2.05, 4.69) is 37.9 Å². The van der Waals surface area contributed by atoms with Crippen LogP contribution in [0.25, 0.3) is 0 Å². The van der Waals surface area contributed by atoms with E-state index >= 15 is 0 Å². The van der Waals surface area contributed by atoms with Crippen molar-refractivity contribution in [3.8, 4) is 12.1 Å². The SMILES string of the molecule is CN(c1cccc(Br)c1C#N)S(=O)(=O)C1CCCCC1.N#Cc1c(F)cccc1Br. The molecule has 0 unspecified atom stereocenters. The molecule has 0 atom stereocenters. The van der Waals surface area contributed by atoms with E-state index in [0.29, 0.717) is 33.0 Å². The van der Waals surface area contributed by atoms with Crippen LogP contribution in [-0.4, -0.2) is 20.7 Å². The lowest BCUT2D eigenvalue weighted by Gasteiger charge is -2.29. The summed E-state index contributed by atoms with van der Waals surface area (Å²) in [6, 6.07) is 13.4. The van der Waals surface area contributed by atoms with Gasteiger partial charge in [-0.1, -0.05) is 31.4 Å². The Bertz CT molecular complexity index is 1070. The summed E-state index contributed by atoms with van der Waals surface area (Å²) in [5.41, 5.74) is 0.851. The molecule has 1 aliphatic carbocycles. The minimum absolute atomic E-state index is 0.0579. The summed E-state index contributed by atoms with van der Waals surface area (Å²) in [6.45, 7) is 0. The van der Waals surface area contributed by atoms with E-state index in [4.69, 9.17) is 5.26 Å². The molecule has 9 heteroatoms. The van der Waals surface area contributed by atoms with Crippen molar-refractivity contribution in [2.45, 2.75) is 37.4 Å². The molecule has 0 bridgehead atoms. The number of nitriles is 2. The number of nitrogens with zero attached hydrogens (tertiary/aromatic N) is 3. The average molecular weight is 557 g/mol. The van der Waals surface area contributed by atoms with Gasteiger partial charge in [-0.05, 0) is 69.0 Å². The Kier molecular flexibility index (Phi) is 8.84. The maximum atomic E-state index is 12.7. The molecule has 0 saturated heterocycles. The van der Waals surface area contributed by atoms with Crippen molar-refractivity contribution in [3.63, 3.8) is 0 Å². The molecule has 0 heterocycles. The van der Waals surface area contributed by atoms with Gasteiger partial charge in [0, 0.05) is 16.0 Å². The largest absolute Gasteiger partial charge is 0.272 e. The first-order valence-electron chi connectivity index (χ1n) is 9.24. The predicted octanol–water partition coefficient (Wildman–Crippen LogP) is 5.88. The molecular formula is C21H20Br2FN3O2S. The Balaban J connectivity index is 0.000000269. The fourth-order valence-electron chi connectivity index (χ4n) is 3.21. The zero-order valence-corrected chi connectivity index (χ0v) is 20.3. The monoisotopic (exact) mass is 555 g/mol. The average Bonchev–Trinajstić information content (AvgIpc) is 2.74. The zero-order chi connectivity index (χ0) is 22.3. The van der Waals surface area contributed by atoms with Crippen molar-refractivity contribution in [1.29, 1.82) is 10.5 Å². The number of rotatable bonds is 3. The highest BCUT2D eigenvalue weighted by Crippen LogP contribution is 2.32. The molecule has 158 valence electrons. The lowest BCUT2D eigenvalue weighted by molar-refractivity contribution is 0.483. The summed E-state index contributed by atoms with van der Waals surface area (Å²) in [5, 5.41) is 17.3. The second kappa shape index (κ2) is 10.9. The summed E-state index contributed by atoms with van der Waals surface area (Å²) >= 11 is 6.34. The van der Waals surface area contributed by atoms with Crippen molar-refractivity contribution < 1.29 is 12.8 Å². The van der Waals surface area contributed by atoms with Gasteiger partial charge in [-0.25, -0.2) is 12.8 Å². The predicted molar refractivity (Wildman–Crippen MR) is 122 cm³/mol. The van der Waals surface area contributed by atoms with Crippen LogP contribution in [0, 0.1) is 28.5 Å². The van der Waals surface area contributed by atoms with Crippen molar-refractivity contribution in [2.24, 2.45) is 0 Å². The summed E-state index contributed by atoms with van der Waals surface area (Å²) in [5.74, 6) is -0.489. The fourth-order valence-corrected chi connectivity index (χ4v) is 5.89. The Morgan fingerprint density at radius 3 is 2.00 bits per heavy atom. The first-order chi connectivity index (χ1) is 14.2. The van der Waals surface area contributed by atoms with Crippen LogP contribution < -0.4 is 4.31 Å². The van der Waals surface area contributed by atoms with Gasteiger partial charge in [0.15, 0.2) is 0 Å². The lowest BCUT2D eigenvalue weighted by atomic mass is 10.0. The van der Waals surface area contributed by atoms with Crippen LogP contribution in [-0.2, 0) is 10.0 Å². The van der Waals surface area contributed by atoms with Gasteiger partial charge in [0.2, 0.25) is 10.0 Å². The van der Waals surface area contributed by atoms with Gasteiger partial charge in [-0.3, -0.25) is 4.31 Å². The lowest BCUT2D eigenvalue weighted by Crippen LogP contribution is -2.37. The van der Waals surface area contributed by atoms with Crippen LogP contribution in [0.5, 0.6) is 0 Å². The number of sulfonamides is 1. The van der Waals surface area contributed by atoms with Gasteiger partial charge in [0.1, 0.15) is 23.5 Å². The van der Waals surface area contributed by atoms with Gasteiger partial charge in [-0.2, -0.15) is 10.5 Å². The van der Waals surface area contributed by atoms with Crippen molar-refractivity contribution in [3.05, 3.63) is 62.3 Å². The molecule has 2 aromatic carbocycles. The summed E-state index contributed by atoms with van der Waals surface area (Å²) < 4.78 is 40.3. The molecule has 0 radical (unpaired) electrons. The molecule has 1 fully saturated rings. The van der Waals surface area contributed by atoms with Crippen LogP contribution >= 0.6 is 31.9 Å². The van der Waals surface area contributed by atoms with Crippen LogP contribution in [0.1, 0.15) is 43.2 Å². The van der Waals surface area contributed by atoms with Gasteiger partial charge < -0.3 is 0 Å². The van der Waals surface area contributed by atoms with Crippen molar-refractivity contribution in [1.82, 2.24) is 0 Å². The smallest absolute Gasteiger partial charge is 0.237 e. The Labute approximate surface area is 193 Å². The highest BCUT2D eigenvalue weighted by Gasteiger charge is 2.32. The van der Waals surface area contributed by atoms with E-state index in [1.54, 1.807) is 36.4 Å². The highest BCUT2D eigenvalue weighted by molar-refractivity contribution is 9.10. The van der Waals surface area contributed by atoms with E-state index in [0.717, 1.165) is 19.3 Å². The first kappa shape index (κ1) is 24.3. The van der Waals surface area contributed by atoms with E-state index in [9.17, 15) is 18.1 Å². The minimum atomic E-state index is -3.40. The molecule has 0 spiro atoms. The summed E-state index contributed by atoms with van der Waals surface area (Å²) in [4.78, 5) is 0. The molecule has 0 aliphatic heterocycles. The maximum Gasteiger partial charge on any atom is 0.237 e. The summed E-state index contributed by atoms with van der Waals surface area (Å²) in [7, 11) is -1.87. The molecule has 0 amide bonds. The van der Waals surface area contributed by atoms with E-state index in [-0.39, 0.29) is 10.8 Å². The quantitative estimate of drug-likeness (QED) is 0.472. The van der Waals surface area contributed by atoms with Crippen LogP contribution in [0.4, 0.5) is 10.1 Å². The Morgan fingerprint density at radius 1 is 0.967 bits per heavy atom. The summed E-state index contributed by atoms with van der Waals surface area (Å²) in [6.07, 6.45) is 4.45. The third-order valence-corrected chi connectivity index (χ3v) is 8.47. The van der Waals surface area contributed by atoms with Crippen molar-refractivity contribution >= 4 is 47.6 Å². The third-order valence-electron chi connectivity index (χ3n) is 4.87. The number of anilines is 1. The van der Waals surface area contributed by atoms with Crippen LogP contribution in [0.3, 0.4) is 0 Å². The standard InChI is InChI=1S/C14H17BrN2O2S.C7H3BrFN/c1-17(14-9-5-8-13(15)12(14)10-16)20(18,19)11-6-3-2-4-7-11;8-6-2-1-3-7(9)5(6)4-10/h5,8-9,11H,2-4,6-7H2,1H3;1-3H. The molecule has 30 heavy (non-hydrogen) atoms. The number of hydrogen-bond acceptors (Lipinski definition) is 4. The molecule has 1 aliphatic rings. The van der Waals surface area contributed by atoms with Gasteiger partial charge in [-0.15, -0.1) is 0 Å². The molecule has 3 rings (SSSR count).